The average molecular weight is 284 g/mol. The number of anilines is 1. The van der Waals surface area contributed by atoms with Crippen LogP contribution in [-0.2, 0) is 7.05 Å². The zero-order valence-corrected chi connectivity index (χ0v) is 12.7. The quantitative estimate of drug-likeness (QED) is 0.829. The van der Waals surface area contributed by atoms with E-state index in [-0.39, 0.29) is 0 Å². The maximum Gasteiger partial charge on any atom is 0.134 e. The number of nitrogens with two attached hydrogens (primary N) is 1. The van der Waals surface area contributed by atoms with Crippen molar-refractivity contribution < 1.29 is 0 Å². The van der Waals surface area contributed by atoms with E-state index in [0.717, 1.165) is 23.6 Å². The van der Waals surface area contributed by atoms with E-state index in [0.29, 0.717) is 9.74 Å². The number of hydrogen-bond acceptors (Lipinski definition) is 4. The van der Waals surface area contributed by atoms with Crippen LogP contribution in [0.4, 0.5) is 5.82 Å². The molecule has 0 saturated carbocycles. The van der Waals surface area contributed by atoms with Crippen LogP contribution >= 0.6 is 24.0 Å². The molecule has 1 fully saturated rings. The molecular weight excluding hydrogens is 264 g/mol. The molecule has 0 amide bonds. The van der Waals surface area contributed by atoms with Crippen LogP contribution in [0.2, 0.25) is 0 Å². The first-order valence-electron chi connectivity index (χ1n) is 6.14. The Morgan fingerprint density at radius 1 is 1.67 bits per heavy atom. The molecule has 2 rings (SSSR count). The van der Waals surface area contributed by atoms with Gasteiger partial charge in [0.1, 0.15) is 10.8 Å². The molecule has 2 heterocycles. The minimum atomic E-state index is 0.311. The molecule has 18 heavy (non-hydrogen) atoms. The standard InChI is InChI=1S/C12H20N4S2/c1-8-9(10(13)17)11(16(3)15-8)14-7-12(2)5-4-6-18-12/h14H,4-7H2,1-3H3,(H2,13,17). The monoisotopic (exact) mass is 284 g/mol. The molecule has 0 spiro atoms. The molecule has 0 aromatic carbocycles. The highest BCUT2D eigenvalue weighted by atomic mass is 32.2. The summed E-state index contributed by atoms with van der Waals surface area (Å²) < 4.78 is 2.14. The maximum absolute atomic E-state index is 5.78. The van der Waals surface area contributed by atoms with Gasteiger partial charge in [-0.1, -0.05) is 12.2 Å². The summed E-state index contributed by atoms with van der Waals surface area (Å²) in [4.78, 5) is 0.410. The summed E-state index contributed by atoms with van der Waals surface area (Å²) in [6, 6.07) is 0. The van der Waals surface area contributed by atoms with Crippen LogP contribution in [0.1, 0.15) is 31.0 Å². The van der Waals surface area contributed by atoms with Gasteiger partial charge in [-0.25, -0.2) is 0 Å². The van der Waals surface area contributed by atoms with Gasteiger partial charge in [-0.3, -0.25) is 4.68 Å². The van der Waals surface area contributed by atoms with Crippen molar-refractivity contribution in [2.24, 2.45) is 12.8 Å². The number of hydrogen-bond donors (Lipinski definition) is 2. The Hall–Kier alpha value is -0.750. The van der Waals surface area contributed by atoms with Crippen molar-refractivity contribution in [2.45, 2.75) is 31.4 Å². The van der Waals surface area contributed by atoms with E-state index < -0.39 is 0 Å². The molecule has 1 aliphatic heterocycles. The second kappa shape index (κ2) is 5.09. The summed E-state index contributed by atoms with van der Waals surface area (Å²) in [5.74, 6) is 2.19. The predicted octanol–water partition coefficient (Wildman–Crippen LogP) is 2.06. The fourth-order valence-electron chi connectivity index (χ4n) is 2.40. The Labute approximate surface area is 118 Å². The summed E-state index contributed by atoms with van der Waals surface area (Å²) in [5.41, 5.74) is 7.54. The van der Waals surface area contributed by atoms with Gasteiger partial charge in [0.15, 0.2) is 0 Å². The normalized spacial score (nSPS) is 23.3. The molecule has 100 valence electrons. The fraction of sp³-hybridized carbons (Fsp3) is 0.667. The highest BCUT2D eigenvalue weighted by molar-refractivity contribution is 8.00. The molecule has 6 heteroatoms. The van der Waals surface area contributed by atoms with Crippen molar-refractivity contribution in [3.8, 4) is 0 Å². The molecule has 1 aromatic rings. The topological polar surface area (TPSA) is 55.9 Å². The van der Waals surface area contributed by atoms with Crippen molar-refractivity contribution in [3.63, 3.8) is 0 Å². The first-order chi connectivity index (χ1) is 8.43. The van der Waals surface area contributed by atoms with Crippen LogP contribution < -0.4 is 11.1 Å². The largest absolute Gasteiger partial charge is 0.389 e. The van der Waals surface area contributed by atoms with E-state index >= 15 is 0 Å². The molecule has 4 nitrogen and oxygen atoms in total. The molecular formula is C12H20N4S2. The van der Waals surface area contributed by atoms with Gasteiger partial charge in [-0.05, 0) is 32.4 Å². The molecule has 1 atom stereocenters. The summed E-state index contributed by atoms with van der Waals surface area (Å²) in [6.45, 7) is 5.17. The van der Waals surface area contributed by atoms with Crippen molar-refractivity contribution in [1.82, 2.24) is 9.78 Å². The number of rotatable bonds is 4. The Kier molecular flexibility index (Phi) is 3.87. The Morgan fingerprint density at radius 2 is 2.39 bits per heavy atom. The number of thioether (sulfide) groups is 1. The molecule has 0 radical (unpaired) electrons. The van der Waals surface area contributed by atoms with Crippen LogP contribution in [0.15, 0.2) is 0 Å². The van der Waals surface area contributed by atoms with Crippen LogP contribution in [-0.4, -0.2) is 31.8 Å². The molecule has 0 aliphatic carbocycles. The lowest BCUT2D eigenvalue weighted by Crippen LogP contribution is -2.28. The molecule has 3 N–H and O–H groups in total. The summed E-state index contributed by atoms with van der Waals surface area (Å²) in [7, 11) is 1.92. The van der Waals surface area contributed by atoms with Gasteiger partial charge in [-0.2, -0.15) is 16.9 Å². The van der Waals surface area contributed by atoms with Gasteiger partial charge in [0, 0.05) is 18.3 Å². The lowest BCUT2D eigenvalue weighted by Gasteiger charge is -2.23. The number of aromatic nitrogens is 2. The van der Waals surface area contributed by atoms with Gasteiger partial charge < -0.3 is 11.1 Å². The van der Waals surface area contributed by atoms with Crippen molar-refractivity contribution >= 4 is 34.8 Å². The number of aryl methyl sites for hydroxylation is 2. The van der Waals surface area contributed by atoms with Gasteiger partial charge in [0.2, 0.25) is 0 Å². The fourth-order valence-corrected chi connectivity index (χ4v) is 3.89. The van der Waals surface area contributed by atoms with E-state index in [1.165, 1.54) is 18.6 Å². The minimum absolute atomic E-state index is 0.311. The predicted molar refractivity (Wildman–Crippen MR) is 82.4 cm³/mol. The van der Waals surface area contributed by atoms with Crippen LogP contribution in [0.5, 0.6) is 0 Å². The van der Waals surface area contributed by atoms with Gasteiger partial charge >= 0.3 is 0 Å². The lowest BCUT2D eigenvalue weighted by molar-refractivity contribution is 0.629. The molecule has 1 aromatic heterocycles. The second-order valence-corrected chi connectivity index (χ2v) is 7.17. The smallest absolute Gasteiger partial charge is 0.134 e. The maximum atomic E-state index is 5.78. The van der Waals surface area contributed by atoms with E-state index in [4.69, 9.17) is 18.0 Å². The molecule has 1 unspecified atom stereocenters. The Bertz CT molecular complexity index is 461. The average Bonchev–Trinajstić information content (AvgIpc) is 2.81. The summed E-state index contributed by atoms with van der Waals surface area (Å²) in [6.07, 6.45) is 2.55. The number of thiocarbonyl (C=S) groups is 1. The zero-order chi connectivity index (χ0) is 13.3. The number of nitrogens with zero attached hydrogens (tertiary/aromatic N) is 2. The van der Waals surface area contributed by atoms with Crippen molar-refractivity contribution in [2.75, 3.05) is 17.6 Å². The molecule has 1 saturated heterocycles. The van der Waals surface area contributed by atoms with Crippen molar-refractivity contribution in [1.29, 1.82) is 0 Å². The molecule has 1 aliphatic rings. The Morgan fingerprint density at radius 3 is 2.94 bits per heavy atom. The SMILES string of the molecule is Cc1nn(C)c(NCC2(C)CCCS2)c1C(N)=S. The Balaban J connectivity index is 2.16. The first kappa shape index (κ1) is 13.7. The summed E-state index contributed by atoms with van der Waals surface area (Å²) in [5, 5.41) is 7.86. The lowest BCUT2D eigenvalue weighted by atomic mass is 10.1. The second-order valence-electron chi connectivity index (χ2n) is 5.05. The highest BCUT2D eigenvalue weighted by Gasteiger charge is 2.30. The van der Waals surface area contributed by atoms with Gasteiger partial charge in [-0.15, -0.1) is 0 Å². The van der Waals surface area contributed by atoms with E-state index in [1.807, 2.05) is 30.4 Å². The summed E-state index contributed by atoms with van der Waals surface area (Å²) >= 11 is 7.14. The third-order valence-corrected chi connectivity index (χ3v) is 5.14. The van der Waals surface area contributed by atoms with Crippen LogP contribution in [0.25, 0.3) is 0 Å². The van der Waals surface area contributed by atoms with E-state index in [9.17, 15) is 0 Å². The highest BCUT2D eigenvalue weighted by Crippen LogP contribution is 2.37. The first-order valence-corrected chi connectivity index (χ1v) is 7.53. The van der Waals surface area contributed by atoms with Gasteiger partial charge in [0.05, 0.1) is 11.3 Å². The third-order valence-electron chi connectivity index (χ3n) is 3.40. The zero-order valence-electron chi connectivity index (χ0n) is 11.1. The van der Waals surface area contributed by atoms with E-state index in [2.05, 4.69) is 17.3 Å². The minimum Gasteiger partial charge on any atom is -0.389 e. The third kappa shape index (κ3) is 2.64. The molecule has 0 bridgehead atoms. The van der Waals surface area contributed by atoms with E-state index in [1.54, 1.807) is 0 Å². The van der Waals surface area contributed by atoms with Crippen molar-refractivity contribution in [3.05, 3.63) is 11.3 Å². The van der Waals surface area contributed by atoms with Gasteiger partial charge in [0.25, 0.3) is 0 Å². The van der Waals surface area contributed by atoms with Crippen LogP contribution in [0, 0.1) is 6.92 Å². The number of nitrogens with one attached hydrogen (secondary N) is 1. The van der Waals surface area contributed by atoms with Crippen LogP contribution in [0.3, 0.4) is 0 Å².